The van der Waals surface area contributed by atoms with Crippen LogP contribution < -0.4 is 0 Å². The molecular weight excluding hydrogens is 807 g/mol. The van der Waals surface area contributed by atoms with E-state index < -0.39 is 0 Å². The summed E-state index contributed by atoms with van der Waals surface area (Å²) in [7, 11) is 0. The van der Waals surface area contributed by atoms with E-state index in [9.17, 15) is 0 Å². The molecule has 65 heavy (non-hydrogen) atoms. The molecule has 0 radical (unpaired) electrons. The number of nitrogens with zero attached hydrogens (tertiary/aromatic N) is 3. The number of benzene rings is 10. The molecule has 2 heterocycles. The Labute approximate surface area is 381 Å². The third kappa shape index (κ3) is 7.36. The molecular formula is C61H39N3S. The normalized spacial score (nSPS) is 11.4. The van der Waals surface area contributed by atoms with Gasteiger partial charge in [0, 0.05) is 36.9 Å². The van der Waals surface area contributed by atoms with Gasteiger partial charge in [0.15, 0.2) is 17.5 Å². The molecule has 0 atom stereocenters. The van der Waals surface area contributed by atoms with Gasteiger partial charge in [-0.1, -0.05) is 218 Å². The molecule has 2 aromatic heterocycles. The molecule has 10 aromatic carbocycles. The lowest BCUT2D eigenvalue weighted by atomic mass is 9.95. The zero-order chi connectivity index (χ0) is 43.1. The van der Waals surface area contributed by atoms with Crippen LogP contribution in [0.5, 0.6) is 0 Å². The quantitative estimate of drug-likeness (QED) is 0.153. The highest BCUT2D eigenvalue weighted by molar-refractivity contribution is 7.27. The predicted octanol–water partition coefficient (Wildman–Crippen LogP) is 16.7. The number of hydrogen-bond acceptors (Lipinski definition) is 4. The lowest BCUT2D eigenvalue weighted by Crippen LogP contribution is -2.00. The zero-order valence-electron chi connectivity index (χ0n) is 35.3. The van der Waals surface area contributed by atoms with Crippen LogP contribution >= 0.6 is 11.3 Å². The second-order valence-corrected chi connectivity index (χ2v) is 17.4. The van der Waals surface area contributed by atoms with Crippen LogP contribution in [0.4, 0.5) is 0 Å². The van der Waals surface area contributed by atoms with Crippen LogP contribution in [-0.2, 0) is 0 Å². The van der Waals surface area contributed by atoms with Crippen molar-refractivity contribution in [2.24, 2.45) is 0 Å². The smallest absolute Gasteiger partial charge is 0.164 e. The Morgan fingerprint density at radius 1 is 0.231 bits per heavy atom. The molecule has 304 valence electrons. The summed E-state index contributed by atoms with van der Waals surface area (Å²) in [5.41, 5.74) is 14.4. The average molecular weight is 846 g/mol. The first kappa shape index (κ1) is 38.4. The van der Waals surface area contributed by atoms with Crippen molar-refractivity contribution in [2.75, 3.05) is 0 Å². The topological polar surface area (TPSA) is 38.7 Å². The van der Waals surface area contributed by atoms with Crippen molar-refractivity contribution in [1.82, 2.24) is 15.0 Å². The summed E-state index contributed by atoms with van der Waals surface area (Å²) in [6.07, 6.45) is 0. The van der Waals surface area contributed by atoms with Crippen molar-refractivity contribution in [3.05, 3.63) is 237 Å². The Bertz CT molecular complexity index is 3590. The molecule has 0 fully saturated rings. The Morgan fingerprint density at radius 3 is 1.20 bits per heavy atom. The number of hydrogen-bond donors (Lipinski definition) is 0. The van der Waals surface area contributed by atoms with E-state index in [2.05, 4.69) is 224 Å². The molecule has 0 aliphatic heterocycles. The minimum Gasteiger partial charge on any atom is -0.208 e. The Balaban J connectivity index is 0.900. The van der Waals surface area contributed by atoms with Gasteiger partial charge in [0.2, 0.25) is 0 Å². The van der Waals surface area contributed by atoms with E-state index >= 15 is 0 Å². The summed E-state index contributed by atoms with van der Waals surface area (Å²) in [6.45, 7) is 0. The molecule has 0 saturated carbocycles. The highest BCUT2D eigenvalue weighted by atomic mass is 32.1. The van der Waals surface area contributed by atoms with E-state index in [1.54, 1.807) is 0 Å². The van der Waals surface area contributed by atoms with Crippen LogP contribution in [0.25, 0.3) is 121 Å². The van der Waals surface area contributed by atoms with Crippen molar-refractivity contribution < 1.29 is 0 Å². The van der Waals surface area contributed by atoms with E-state index in [0.29, 0.717) is 17.5 Å². The molecule has 4 heteroatoms. The van der Waals surface area contributed by atoms with Gasteiger partial charge in [-0.3, -0.25) is 0 Å². The number of fused-ring (bicyclic) bond motifs is 5. The van der Waals surface area contributed by atoms with Gasteiger partial charge in [-0.2, -0.15) is 0 Å². The highest BCUT2D eigenvalue weighted by Crippen LogP contribution is 2.43. The second-order valence-electron chi connectivity index (χ2n) is 16.4. The maximum atomic E-state index is 5.13. The first-order valence-corrected chi connectivity index (χ1v) is 22.7. The maximum absolute atomic E-state index is 5.13. The van der Waals surface area contributed by atoms with Gasteiger partial charge in [0.1, 0.15) is 0 Å². The molecule has 0 saturated heterocycles. The van der Waals surface area contributed by atoms with Crippen LogP contribution in [-0.4, -0.2) is 15.0 Å². The van der Waals surface area contributed by atoms with Gasteiger partial charge in [-0.25, -0.2) is 15.0 Å². The summed E-state index contributed by atoms with van der Waals surface area (Å²) >= 11 is 1.90. The van der Waals surface area contributed by atoms with Crippen molar-refractivity contribution in [2.45, 2.75) is 0 Å². The summed E-state index contributed by atoms with van der Waals surface area (Å²) in [4.78, 5) is 15.3. The fourth-order valence-electron chi connectivity index (χ4n) is 8.98. The van der Waals surface area contributed by atoms with Crippen LogP contribution in [0, 0.1) is 0 Å². The van der Waals surface area contributed by atoms with Gasteiger partial charge < -0.3 is 0 Å². The molecule has 0 unspecified atom stereocenters. The minimum atomic E-state index is 0.624. The summed E-state index contributed by atoms with van der Waals surface area (Å²) in [6, 6.07) is 84.1. The Kier molecular flexibility index (Phi) is 9.70. The molecule has 0 aliphatic rings. The summed E-state index contributed by atoms with van der Waals surface area (Å²) < 4.78 is 2.66. The lowest BCUT2D eigenvalue weighted by Gasteiger charge is -2.11. The standard InChI is InChI=1S/C61H39N3S/c1-3-13-40(14-4-1)42-27-31-45(32-28-42)59-62-60(46-33-29-43(30-34-46)41-15-5-2-6-16-41)64-61(63-59)52-23-11-21-50(39-52)48-19-9-18-47(37-48)49-20-10-22-51(38-49)54-25-12-26-55-56-36-35-44-17-7-8-24-53(44)57(56)65-58(54)55/h1-39H. The van der Waals surface area contributed by atoms with Gasteiger partial charge in [0.05, 0.1) is 0 Å². The molecule has 0 bridgehead atoms. The Hall–Kier alpha value is -8.31. The highest BCUT2D eigenvalue weighted by Gasteiger charge is 2.16. The van der Waals surface area contributed by atoms with E-state index in [1.165, 1.54) is 58.8 Å². The zero-order valence-corrected chi connectivity index (χ0v) is 36.1. The van der Waals surface area contributed by atoms with Gasteiger partial charge in [-0.15, -0.1) is 11.3 Å². The monoisotopic (exact) mass is 845 g/mol. The first-order chi connectivity index (χ1) is 32.2. The average Bonchev–Trinajstić information content (AvgIpc) is 3.79. The van der Waals surface area contributed by atoms with Gasteiger partial charge in [-0.05, 0) is 84.6 Å². The number of rotatable bonds is 8. The summed E-state index contributed by atoms with van der Waals surface area (Å²) in [5.74, 6) is 1.88. The van der Waals surface area contributed by atoms with Crippen molar-refractivity contribution >= 4 is 42.3 Å². The van der Waals surface area contributed by atoms with Gasteiger partial charge in [0.25, 0.3) is 0 Å². The molecule has 0 N–H and O–H groups in total. The fourth-order valence-corrected chi connectivity index (χ4v) is 10.4. The molecule has 12 rings (SSSR count). The summed E-state index contributed by atoms with van der Waals surface area (Å²) in [5, 5.41) is 5.21. The first-order valence-electron chi connectivity index (χ1n) is 21.9. The van der Waals surface area contributed by atoms with E-state index in [-0.39, 0.29) is 0 Å². The van der Waals surface area contributed by atoms with E-state index in [0.717, 1.165) is 44.5 Å². The van der Waals surface area contributed by atoms with Gasteiger partial charge >= 0.3 is 0 Å². The Morgan fingerprint density at radius 2 is 0.615 bits per heavy atom. The van der Waals surface area contributed by atoms with Crippen LogP contribution in [0.3, 0.4) is 0 Å². The van der Waals surface area contributed by atoms with Crippen LogP contribution in [0.15, 0.2) is 237 Å². The SMILES string of the molecule is c1ccc(-c2ccc(-c3nc(-c4ccc(-c5ccccc5)cc4)nc(-c4cccc(-c5cccc(-c6cccc(-c7cccc8c7sc7c9ccccc9ccc87)c6)c5)c4)n3)cc2)cc1. The van der Waals surface area contributed by atoms with E-state index in [1.807, 2.05) is 23.5 Å². The maximum Gasteiger partial charge on any atom is 0.164 e. The number of aromatic nitrogens is 3. The predicted molar refractivity (Wildman–Crippen MR) is 274 cm³/mol. The fraction of sp³-hybridized carbons (Fsp3) is 0. The van der Waals surface area contributed by atoms with Crippen molar-refractivity contribution in [3.8, 4) is 89.8 Å². The molecule has 0 spiro atoms. The van der Waals surface area contributed by atoms with Crippen molar-refractivity contribution in [1.29, 1.82) is 0 Å². The third-order valence-corrected chi connectivity index (χ3v) is 13.6. The molecule has 12 aromatic rings. The number of thiophene rings is 1. The molecule has 0 amide bonds. The molecule has 0 aliphatic carbocycles. The lowest BCUT2D eigenvalue weighted by molar-refractivity contribution is 1.07. The minimum absolute atomic E-state index is 0.624. The molecule has 3 nitrogen and oxygen atoms in total. The van der Waals surface area contributed by atoms with E-state index in [4.69, 9.17) is 15.0 Å². The van der Waals surface area contributed by atoms with Crippen LogP contribution in [0.1, 0.15) is 0 Å². The largest absolute Gasteiger partial charge is 0.208 e. The van der Waals surface area contributed by atoms with Crippen molar-refractivity contribution in [3.63, 3.8) is 0 Å². The third-order valence-electron chi connectivity index (χ3n) is 12.3. The second kappa shape index (κ2) is 16.4. The van der Waals surface area contributed by atoms with Crippen LogP contribution in [0.2, 0.25) is 0 Å².